The van der Waals surface area contributed by atoms with E-state index in [9.17, 15) is 17.8 Å². The molecule has 0 spiro atoms. The van der Waals surface area contributed by atoms with Crippen LogP contribution < -0.4 is 4.74 Å². The van der Waals surface area contributed by atoms with E-state index in [4.69, 9.17) is 9.47 Å². The smallest absolute Gasteiger partial charge is 0.338 e. The van der Waals surface area contributed by atoms with Crippen LogP contribution in [0.25, 0.3) is 22.9 Å². The second-order valence-corrected chi connectivity index (χ2v) is 11.3. The van der Waals surface area contributed by atoms with Gasteiger partial charge in [0.1, 0.15) is 23.9 Å². The topological polar surface area (TPSA) is 89.9 Å². The molecule has 3 aromatic rings. The van der Waals surface area contributed by atoms with Crippen LogP contribution in [0.3, 0.4) is 0 Å². The van der Waals surface area contributed by atoms with E-state index in [1.54, 1.807) is 12.1 Å². The zero-order valence-corrected chi connectivity index (χ0v) is 22.9. The Kier molecular flexibility index (Phi) is 6.82. The third kappa shape index (κ3) is 4.58. The fourth-order valence-electron chi connectivity index (χ4n) is 3.38. The molecule has 0 aromatic heterocycles. The summed E-state index contributed by atoms with van der Waals surface area (Å²) in [4.78, 5) is 12.5. The Bertz CT molecular complexity index is 1350. The number of hydrogen-bond donors (Lipinski definition) is 1. The van der Waals surface area contributed by atoms with Gasteiger partial charge in [-0.1, -0.05) is 36.4 Å². The summed E-state index contributed by atoms with van der Waals surface area (Å²) in [6, 6.07) is 11.1. The highest BCUT2D eigenvalue weighted by molar-refractivity contribution is 14.1. The highest BCUT2D eigenvalue weighted by Gasteiger charge is 2.24. The van der Waals surface area contributed by atoms with Gasteiger partial charge in [-0.05, 0) is 102 Å². The van der Waals surface area contributed by atoms with Crippen LogP contribution in [0.15, 0.2) is 41.3 Å². The largest absolute Gasteiger partial charge is 0.488 e. The van der Waals surface area contributed by atoms with Gasteiger partial charge in [0, 0.05) is 3.57 Å². The van der Waals surface area contributed by atoms with E-state index in [2.05, 4.69) is 0 Å². The normalized spacial score (nSPS) is 12.4. The predicted octanol–water partition coefficient (Wildman–Crippen LogP) is 5.62. The van der Waals surface area contributed by atoms with E-state index in [-0.39, 0.29) is 21.7 Å². The molecule has 31 heavy (non-hydrogen) atoms. The molecule has 0 radical (unpaired) electrons. The molecule has 0 heterocycles. The van der Waals surface area contributed by atoms with E-state index >= 15 is 0 Å². The highest BCUT2D eigenvalue weighted by Crippen LogP contribution is 2.36. The third-order valence-corrected chi connectivity index (χ3v) is 9.03. The second kappa shape index (κ2) is 9.11. The summed E-state index contributed by atoms with van der Waals surface area (Å²) in [7, 11) is -4.40. The molecule has 1 N–H and O–H groups in total. The van der Waals surface area contributed by atoms with Crippen molar-refractivity contribution in [3.8, 4) is 5.75 Å². The molecule has 160 valence electrons. The summed E-state index contributed by atoms with van der Waals surface area (Å²) in [5, 5.41) is 1.87. The van der Waals surface area contributed by atoms with Crippen LogP contribution >= 0.6 is 67.8 Å². The summed E-state index contributed by atoms with van der Waals surface area (Å²) >= 11 is 5.70. The maximum atomic E-state index is 12.7. The molecule has 0 aliphatic heterocycles. The Morgan fingerprint density at radius 1 is 0.968 bits per heavy atom. The van der Waals surface area contributed by atoms with E-state index in [0.717, 1.165) is 21.9 Å². The lowest BCUT2D eigenvalue weighted by atomic mass is 9.99. The standard InChI is InChI=1S/C21H13I3O6S/c22-15-10-16(23)20(31(26,27)28)18(24)19(15)29-8-9-30-21(25)14-7-6-12-5-4-11-2-1-3-13(14)17(11)12/h1-7,10H,8-9H2,(H,26,27,28). The van der Waals surface area contributed by atoms with Crippen molar-refractivity contribution in [2.75, 3.05) is 13.2 Å². The third-order valence-electron chi connectivity index (χ3n) is 4.67. The number of carbonyl (C=O) groups is 1. The van der Waals surface area contributed by atoms with Crippen molar-refractivity contribution in [2.24, 2.45) is 0 Å². The Labute approximate surface area is 219 Å². The number of rotatable bonds is 6. The first-order valence-corrected chi connectivity index (χ1v) is 13.5. The molecule has 4 rings (SSSR count). The average molecular weight is 774 g/mol. The summed E-state index contributed by atoms with van der Waals surface area (Å²) in [6.07, 6.45) is 4.04. The zero-order valence-electron chi connectivity index (χ0n) is 15.6. The Morgan fingerprint density at radius 2 is 1.68 bits per heavy atom. The number of esters is 1. The first-order valence-electron chi connectivity index (χ1n) is 8.87. The summed E-state index contributed by atoms with van der Waals surface area (Å²) in [6.45, 7) is 0.0193. The van der Waals surface area contributed by atoms with Gasteiger partial charge in [0.2, 0.25) is 0 Å². The molecule has 0 fully saturated rings. The molecule has 0 atom stereocenters. The molecule has 0 saturated carbocycles. The monoisotopic (exact) mass is 774 g/mol. The summed E-state index contributed by atoms with van der Waals surface area (Å²) < 4.78 is 45.3. The average Bonchev–Trinajstić information content (AvgIpc) is 3.11. The molecule has 0 bridgehead atoms. The quantitative estimate of drug-likeness (QED) is 0.119. The molecular formula is C21H13I3O6S. The first-order chi connectivity index (χ1) is 14.7. The Balaban J connectivity index is 1.47. The van der Waals surface area contributed by atoms with Gasteiger partial charge in [0.15, 0.2) is 0 Å². The molecule has 1 aliphatic rings. The van der Waals surface area contributed by atoms with Crippen LogP contribution in [-0.2, 0) is 14.9 Å². The van der Waals surface area contributed by atoms with Crippen LogP contribution in [0.5, 0.6) is 5.75 Å². The van der Waals surface area contributed by atoms with Gasteiger partial charge in [0.05, 0.1) is 12.7 Å². The minimum atomic E-state index is -4.40. The molecule has 0 saturated heterocycles. The maximum absolute atomic E-state index is 12.7. The van der Waals surface area contributed by atoms with Crippen molar-refractivity contribution in [3.05, 3.63) is 63.8 Å². The van der Waals surface area contributed by atoms with Crippen molar-refractivity contribution in [3.63, 3.8) is 0 Å². The van der Waals surface area contributed by atoms with Crippen molar-refractivity contribution in [2.45, 2.75) is 4.90 Å². The fraction of sp³-hybridized carbons (Fsp3) is 0.0952. The SMILES string of the molecule is O=C(OCCOc1c(I)cc(I)c(S(=O)(=O)O)c1I)c1ccc2c3c(cccc13)C=C2. The number of halogens is 3. The van der Waals surface area contributed by atoms with Gasteiger partial charge in [-0.15, -0.1) is 0 Å². The lowest BCUT2D eigenvalue weighted by Crippen LogP contribution is -2.14. The molecule has 0 unspecified atom stereocenters. The predicted molar refractivity (Wildman–Crippen MR) is 143 cm³/mol. The maximum Gasteiger partial charge on any atom is 0.338 e. The number of carbonyl (C=O) groups excluding carboxylic acids is 1. The first kappa shape index (κ1) is 23.2. The molecule has 10 heteroatoms. The van der Waals surface area contributed by atoms with E-state index in [0.29, 0.717) is 18.5 Å². The van der Waals surface area contributed by atoms with E-state index in [1.165, 1.54) is 0 Å². The Hall–Kier alpha value is -0.970. The van der Waals surface area contributed by atoms with Crippen LogP contribution in [0.4, 0.5) is 0 Å². The van der Waals surface area contributed by atoms with Crippen molar-refractivity contribution in [1.82, 2.24) is 0 Å². The molecule has 3 aromatic carbocycles. The zero-order chi connectivity index (χ0) is 22.3. The molecule has 1 aliphatic carbocycles. The highest BCUT2D eigenvalue weighted by atomic mass is 127. The van der Waals surface area contributed by atoms with E-state index in [1.807, 2.05) is 104 Å². The van der Waals surface area contributed by atoms with Gasteiger partial charge in [-0.2, -0.15) is 8.42 Å². The van der Waals surface area contributed by atoms with Gasteiger partial charge in [-0.3, -0.25) is 4.55 Å². The number of benzene rings is 3. The van der Waals surface area contributed by atoms with Gasteiger partial charge in [0.25, 0.3) is 10.1 Å². The summed E-state index contributed by atoms with van der Waals surface area (Å²) in [5.41, 5.74) is 2.63. The molecule has 6 nitrogen and oxygen atoms in total. The molecule has 0 amide bonds. The van der Waals surface area contributed by atoms with Crippen LogP contribution in [-0.4, -0.2) is 32.2 Å². The second-order valence-electron chi connectivity index (χ2n) is 6.58. The van der Waals surface area contributed by atoms with Crippen LogP contribution in [0.1, 0.15) is 21.5 Å². The number of hydrogen-bond acceptors (Lipinski definition) is 5. The summed E-state index contributed by atoms with van der Waals surface area (Å²) in [5.74, 6) is -0.133. The minimum absolute atomic E-state index is 0.0145. The Morgan fingerprint density at radius 3 is 2.39 bits per heavy atom. The van der Waals surface area contributed by atoms with Gasteiger partial charge < -0.3 is 9.47 Å². The molecular weight excluding hydrogens is 761 g/mol. The number of ether oxygens (including phenoxy) is 2. The van der Waals surface area contributed by atoms with Gasteiger partial charge in [-0.25, -0.2) is 4.79 Å². The van der Waals surface area contributed by atoms with Crippen molar-refractivity contribution < 1.29 is 27.2 Å². The lowest BCUT2D eigenvalue weighted by molar-refractivity contribution is 0.0451. The fourth-order valence-corrected chi connectivity index (χ4v) is 9.35. The van der Waals surface area contributed by atoms with Gasteiger partial charge >= 0.3 is 5.97 Å². The van der Waals surface area contributed by atoms with Crippen molar-refractivity contribution >= 4 is 107 Å². The van der Waals surface area contributed by atoms with E-state index < -0.39 is 16.1 Å². The minimum Gasteiger partial charge on any atom is -0.488 e. The van der Waals surface area contributed by atoms with Crippen LogP contribution in [0, 0.1) is 10.7 Å². The van der Waals surface area contributed by atoms with Crippen molar-refractivity contribution in [1.29, 1.82) is 0 Å². The van der Waals surface area contributed by atoms with Crippen LogP contribution in [0.2, 0.25) is 0 Å². The lowest BCUT2D eigenvalue weighted by Gasteiger charge is -2.14.